The van der Waals surface area contributed by atoms with E-state index in [-0.39, 0.29) is 12.5 Å². The Labute approximate surface area is 116 Å². The summed E-state index contributed by atoms with van der Waals surface area (Å²) >= 11 is 1.70. The van der Waals surface area contributed by atoms with Crippen LogP contribution in [0.15, 0.2) is 35.3 Å². The fourth-order valence-electron chi connectivity index (χ4n) is 2.29. The van der Waals surface area contributed by atoms with Gasteiger partial charge in [-0.25, -0.2) is 0 Å². The lowest BCUT2D eigenvalue weighted by molar-refractivity contribution is -0.125. The van der Waals surface area contributed by atoms with Crippen molar-refractivity contribution in [3.05, 3.63) is 35.2 Å². The SMILES string of the molecule is CC(C)CN1C(=O)CN=C1c1cc2ccccc2s1. The zero-order valence-electron chi connectivity index (χ0n) is 11.1. The smallest absolute Gasteiger partial charge is 0.249 e. The van der Waals surface area contributed by atoms with Crippen molar-refractivity contribution in [3.8, 4) is 0 Å². The summed E-state index contributed by atoms with van der Waals surface area (Å²) in [5.74, 6) is 1.41. The largest absolute Gasteiger partial charge is 0.294 e. The Bertz CT molecular complexity index is 624. The summed E-state index contributed by atoms with van der Waals surface area (Å²) in [5.41, 5.74) is 0. The Morgan fingerprint density at radius 3 is 2.89 bits per heavy atom. The van der Waals surface area contributed by atoms with E-state index >= 15 is 0 Å². The normalized spacial score (nSPS) is 15.6. The second-order valence-electron chi connectivity index (χ2n) is 5.19. The summed E-state index contributed by atoms with van der Waals surface area (Å²) in [6.45, 7) is 5.27. The van der Waals surface area contributed by atoms with E-state index in [1.807, 2.05) is 17.0 Å². The summed E-state index contributed by atoms with van der Waals surface area (Å²) < 4.78 is 1.24. The van der Waals surface area contributed by atoms with Crippen LogP contribution in [-0.4, -0.2) is 29.7 Å². The highest BCUT2D eigenvalue weighted by molar-refractivity contribution is 7.20. The van der Waals surface area contributed by atoms with Crippen LogP contribution >= 0.6 is 11.3 Å². The molecular weight excluding hydrogens is 256 g/mol. The molecule has 1 aliphatic heterocycles. The number of rotatable bonds is 3. The molecule has 0 radical (unpaired) electrons. The van der Waals surface area contributed by atoms with Crippen molar-refractivity contribution >= 4 is 33.2 Å². The first kappa shape index (κ1) is 12.4. The molecule has 0 N–H and O–H groups in total. The third-order valence-corrected chi connectivity index (χ3v) is 4.23. The Morgan fingerprint density at radius 1 is 1.37 bits per heavy atom. The van der Waals surface area contributed by atoms with E-state index in [0.29, 0.717) is 5.92 Å². The van der Waals surface area contributed by atoms with Crippen molar-refractivity contribution in [1.29, 1.82) is 0 Å². The molecule has 3 rings (SSSR count). The number of nitrogens with zero attached hydrogens (tertiary/aromatic N) is 2. The van der Waals surface area contributed by atoms with Crippen LogP contribution in [0, 0.1) is 5.92 Å². The number of carbonyl (C=O) groups is 1. The second kappa shape index (κ2) is 4.78. The van der Waals surface area contributed by atoms with Gasteiger partial charge in [0.15, 0.2) is 0 Å². The maximum atomic E-state index is 11.9. The topological polar surface area (TPSA) is 32.7 Å². The quantitative estimate of drug-likeness (QED) is 0.845. The van der Waals surface area contributed by atoms with Crippen LogP contribution in [-0.2, 0) is 4.79 Å². The van der Waals surface area contributed by atoms with Gasteiger partial charge in [0.05, 0.1) is 4.88 Å². The molecule has 19 heavy (non-hydrogen) atoms. The molecule has 0 saturated carbocycles. The summed E-state index contributed by atoms with van der Waals surface area (Å²) in [6, 6.07) is 10.4. The number of benzene rings is 1. The molecule has 1 aromatic heterocycles. The van der Waals surface area contributed by atoms with E-state index in [1.54, 1.807) is 11.3 Å². The van der Waals surface area contributed by atoms with Gasteiger partial charge in [-0.15, -0.1) is 11.3 Å². The number of hydrogen-bond donors (Lipinski definition) is 0. The predicted octanol–water partition coefficient (Wildman–Crippen LogP) is 3.15. The molecule has 4 heteroatoms. The van der Waals surface area contributed by atoms with E-state index in [4.69, 9.17) is 0 Å². The van der Waals surface area contributed by atoms with Gasteiger partial charge in [0.2, 0.25) is 5.91 Å². The minimum absolute atomic E-state index is 0.112. The molecule has 1 aliphatic rings. The molecule has 1 amide bonds. The van der Waals surface area contributed by atoms with E-state index in [0.717, 1.165) is 17.3 Å². The van der Waals surface area contributed by atoms with Gasteiger partial charge in [-0.2, -0.15) is 0 Å². The number of fused-ring (bicyclic) bond motifs is 1. The Hall–Kier alpha value is -1.68. The van der Waals surface area contributed by atoms with Gasteiger partial charge >= 0.3 is 0 Å². The van der Waals surface area contributed by atoms with Crippen molar-refractivity contribution in [2.75, 3.05) is 13.1 Å². The molecule has 98 valence electrons. The first-order chi connectivity index (χ1) is 9.15. The van der Waals surface area contributed by atoms with Crippen molar-refractivity contribution in [3.63, 3.8) is 0 Å². The molecule has 1 aromatic carbocycles. The first-order valence-corrected chi connectivity index (χ1v) is 7.30. The number of amidine groups is 1. The summed E-state index contributed by atoms with van der Waals surface area (Å²) in [6.07, 6.45) is 0. The second-order valence-corrected chi connectivity index (χ2v) is 6.27. The molecule has 2 heterocycles. The molecule has 0 aliphatic carbocycles. The van der Waals surface area contributed by atoms with Gasteiger partial charge in [-0.05, 0) is 23.4 Å². The lowest BCUT2D eigenvalue weighted by atomic mass is 10.2. The zero-order valence-corrected chi connectivity index (χ0v) is 11.9. The van der Waals surface area contributed by atoms with Crippen LogP contribution < -0.4 is 0 Å². The summed E-state index contributed by atoms with van der Waals surface area (Å²) in [7, 11) is 0. The highest BCUT2D eigenvalue weighted by atomic mass is 32.1. The monoisotopic (exact) mass is 272 g/mol. The summed E-state index contributed by atoms with van der Waals surface area (Å²) in [5, 5.41) is 1.22. The fourth-order valence-corrected chi connectivity index (χ4v) is 3.37. The molecule has 2 aromatic rings. The maximum absolute atomic E-state index is 11.9. The van der Waals surface area contributed by atoms with Gasteiger partial charge in [0, 0.05) is 11.2 Å². The average molecular weight is 272 g/mol. The number of aliphatic imine (C=N–C) groups is 1. The van der Waals surface area contributed by atoms with Gasteiger partial charge in [0.25, 0.3) is 0 Å². The van der Waals surface area contributed by atoms with E-state index in [2.05, 4.69) is 37.0 Å². The van der Waals surface area contributed by atoms with E-state index in [9.17, 15) is 4.79 Å². The number of carbonyl (C=O) groups excluding carboxylic acids is 1. The molecule has 0 atom stereocenters. The standard InChI is InChI=1S/C15H16N2OS/c1-10(2)9-17-14(18)8-16-15(17)13-7-11-5-3-4-6-12(11)19-13/h3-7,10H,8-9H2,1-2H3. The molecule has 0 unspecified atom stereocenters. The highest BCUT2D eigenvalue weighted by Crippen LogP contribution is 2.28. The molecule has 0 saturated heterocycles. The van der Waals surface area contributed by atoms with E-state index in [1.165, 1.54) is 10.1 Å². The maximum Gasteiger partial charge on any atom is 0.249 e. The van der Waals surface area contributed by atoms with Crippen molar-refractivity contribution in [2.24, 2.45) is 10.9 Å². The van der Waals surface area contributed by atoms with Crippen LogP contribution in [0.3, 0.4) is 0 Å². The van der Waals surface area contributed by atoms with Crippen molar-refractivity contribution < 1.29 is 4.79 Å². The third-order valence-electron chi connectivity index (χ3n) is 3.11. The third kappa shape index (κ3) is 2.28. The van der Waals surface area contributed by atoms with E-state index < -0.39 is 0 Å². The number of amides is 1. The van der Waals surface area contributed by atoms with Gasteiger partial charge in [-0.1, -0.05) is 32.0 Å². The van der Waals surface area contributed by atoms with Crippen molar-refractivity contribution in [2.45, 2.75) is 13.8 Å². The van der Waals surface area contributed by atoms with Gasteiger partial charge in [0.1, 0.15) is 12.4 Å². The Kier molecular flexibility index (Phi) is 3.11. The molecule has 3 nitrogen and oxygen atoms in total. The minimum Gasteiger partial charge on any atom is -0.294 e. The number of hydrogen-bond acceptors (Lipinski definition) is 3. The van der Waals surface area contributed by atoms with Gasteiger partial charge in [-0.3, -0.25) is 14.7 Å². The first-order valence-electron chi connectivity index (χ1n) is 6.49. The zero-order chi connectivity index (χ0) is 13.4. The Morgan fingerprint density at radius 2 is 2.16 bits per heavy atom. The lowest BCUT2D eigenvalue weighted by Crippen LogP contribution is -2.35. The molecule has 0 spiro atoms. The number of thiophene rings is 1. The Balaban J connectivity index is 1.98. The van der Waals surface area contributed by atoms with Gasteiger partial charge < -0.3 is 0 Å². The van der Waals surface area contributed by atoms with Crippen molar-refractivity contribution in [1.82, 2.24) is 4.90 Å². The predicted molar refractivity (Wildman–Crippen MR) is 79.8 cm³/mol. The molecule has 0 bridgehead atoms. The lowest BCUT2D eigenvalue weighted by Gasteiger charge is -2.19. The van der Waals surface area contributed by atoms with Crippen LogP contribution in [0.4, 0.5) is 0 Å². The average Bonchev–Trinajstić information content (AvgIpc) is 2.93. The van der Waals surface area contributed by atoms with Crippen LogP contribution in [0.1, 0.15) is 18.7 Å². The minimum atomic E-state index is 0.112. The summed E-state index contributed by atoms with van der Waals surface area (Å²) in [4.78, 5) is 19.3. The van der Waals surface area contributed by atoms with Crippen LogP contribution in [0.5, 0.6) is 0 Å². The van der Waals surface area contributed by atoms with Crippen LogP contribution in [0.2, 0.25) is 0 Å². The highest BCUT2D eigenvalue weighted by Gasteiger charge is 2.27. The van der Waals surface area contributed by atoms with Crippen LogP contribution in [0.25, 0.3) is 10.1 Å². The fraction of sp³-hybridized carbons (Fsp3) is 0.333. The molecular formula is C15H16N2OS. The molecule has 0 fully saturated rings.